The molecule has 0 saturated heterocycles. The number of sulfone groups is 1. The Hall–Kier alpha value is -3.66. The van der Waals surface area contributed by atoms with Gasteiger partial charge in [-0.25, -0.2) is 17.8 Å². The molecule has 2 aromatic carbocycles. The Kier molecular flexibility index (Phi) is 5.20. The van der Waals surface area contributed by atoms with E-state index in [-0.39, 0.29) is 39.8 Å². The van der Waals surface area contributed by atoms with Gasteiger partial charge in [0, 0.05) is 42.0 Å². The highest BCUT2D eigenvalue weighted by Crippen LogP contribution is 2.42. The van der Waals surface area contributed by atoms with Gasteiger partial charge in [-0.15, -0.1) is 0 Å². The fraction of sp³-hybridized carbons (Fsp3) is 0.167. The van der Waals surface area contributed by atoms with Gasteiger partial charge < -0.3 is 9.14 Å². The third kappa shape index (κ3) is 3.73. The number of ether oxygens (including phenoxy) is 1. The van der Waals surface area contributed by atoms with Crippen LogP contribution in [0.1, 0.15) is 34.1 Å². The number of imidazole rings is 1. The number of para-hydroxylation sites is 1. The van der Waals surface area contributed by atoms with Crippen molar-refractivity contribution in [3.05, 3.63) is 83.6 Å². The molecular weight excluding hydrogens is 469 g/mol. The molecule has 0 aliphatic heterocycles. The van der Waals surface area contributed by atoms with E-state index in [9.17, 15) is 26.4 Å². The maximum Gasteiger partial charge on any atom is 0.387 e. The van der Waals surface area contributed by atoms with Crippen LogP contribution < -0.4 is 4.74 Å². The second-order valence-corrected chi connectivity index (χ2v) is 10.0. The molecule has 1 atom stereocenters. The Morgan fingerprint density at radius 2 is 1.82 bits per heavy atom. The van der Waals surface area contributed by atoms with Crippen molar-refractivity contribution in [3.8, 4) is 16.9 Å². The van der Waals surface area contributed by atoms with E-state index in [1.54, 1.807) is 22.6 Å². The zero-order chi connectivity index (χ0) is 24.2. The van der Waals surface area contributed by atoms with Crippen LogP contribution in [-0.2, 0) is 9.84 Å². The molecule has 174 valence electrons. The molecule has 1 unspecified atom stereocenters. The zero-order valence-corrected chi connectivity index (χ0v) is 18.5. The average Bonchev–Trinajstić information content (AvgIpc) is 3.29. The number of carbonyl (C=O) groups is 1. The van der Waals surface area contributed by atoms with E-state index in [1.807, 2.05) is 0 Å². The number of nitrogens with zero attached hydrogens (tertiary/aromatic N) is 2. The summed E-state index contributed by atoms with van der Waals surface area (Å²) in [6.45, 7) is -3.03. The van der Waals surface area contributed by atoms with E-state index in [4.69, 9.17) is 0 Å². The molecule has 2 aromatic heterocycles. The first kappa shape index (κ1) is 22.1. The topological polar surface area (TPSA) is 77.7 Å². The van der Waals surface area contributed by atoms with Crippen LogP contribution >= 0.6 is 0 Å². The molecule has 1 aliphatic rings. The smallest absolute Gasteiger partial charge is 0.387 e. The van der Waals surface area contributed by atoms with Crippen molar-refractivity contribution >= 4 is 21.3 Å². The molecule has 0 bridgehead atoms. The number of rotatable bonds is 5. The van der Waals surface area contributed by atoms with E-state index in [2.05, 4.69) is 9.72 Å². The molecule has 10 heteroatoms. The number of Topliss-reactive ketones (excluding diaryl/α,β-unsaturated/α-hetero) is 1. The largest absolute Gasteiger partial charge is 0.435 e. The fourth-order valence-corrected chi connectivity index (χ4v) is 4.95. The minimum atomic E-state index is -3.41. The van der Waals surface area contributed by atoms with Gasteiger partial charge in [-0.2, -0.15) is 8.78 Å². The minimum absolute atomic E-state index is 0.0139. The van der Waals surface area contributed by atoms with E-state index < -0.39 is 28.2 Å². The molecule has 0 fully saturated rings. The highest BCUT2D eigenvalue weighted by atomic mass is 32.2. The van der Waals surface area contributed by atoms with Crippen LogP contribution in [-0.4, -0.2) is 36.5 Å². The Morgan fingerprint density at radius 3 is 2.50 bits per heavy atom. The standard InChI is InChI=1S/C24H17F3N2O4S/c1-34(31,32)14-8-6-13(7-9-14)17-12-29-21(11-18(17)25)28-22-19(30)10-16(23(22)29)15-4-2-3-5-20(15)33-24(26)27/h2-9,11-12,16,24H,10H2,1H3. The van der Waals surface area contributed by atoms with Crippen molar-refractivity contribution in [2.75, 3.05) is 6.26 Å². The summed E-state index contributed by atoms with van der Waals surface area (Å²) in [6, 6.07) is 13.2. The number of benzene rings is 2. The lowest BCUT2D eigenvalue weighted by atomic mass is 9.95. The predicted molar refractivity (Wildman–Crippen MR) is 118 cm³/mol. The molecule has 0 radical (unpaired) electrons. The number of ketones is 1. The fourth-order valence-electron chi connectivity index (χ4n) is 4.32. The Morgan fingerprint density at radius 1 is 1.12 bits per heavy atom. The number of pyridine rings is 1. The Balaban J connectivity index is 1.66. The van der Waals surface area contributed by atoms with Crippen LogP contribution in [0.2, 0.25) is 0 Å². The van der Waals surface area contributed by atoms with Gasteiger partial charge in [-0.05, 0) is 23.8 Å². The van der Waals surface area contributed by atoms with Gasteiger partial charge in [0.05, 0.1) is 10.6 Å². The van der Waals surface area contributed by atoms with E-state index in [1.165, 1.54) is 42.6 Å². The predicted octanol–water partition coefficient (Wildman–Crippen LogP) is 4.86. The van der Waals surface area contributed by atoms with Crippen molar-refractivity contribution in [2.45, 2.75) is 23.8 Å². The maximum absolute atomic E-state index is 15.0. The van der Waals surface area contributed by atoms with Crippen molar-refractivity contribution in [1.82, 2.24) is 9.38 Å². The van der Waals surface area contributed by atoms with Gasteiger partial charge in [0.2, 0.25) is 0 Å². The third-order valence-corrected chi connectivity index (χ3v) is 6.96. The van der Waals surface area contributed by atoms with Crippen LogP contribution in [0, 0.1) is 5.82 Å². The molecule has 4 aromatic rings. The summed E-state index contributed by atoms with van der Waals surface area (Å²) < 4.78 is 70.6. The third-order valence-electron chi connectivity index (χ3n) is 5.83. The summed E-state index contributed by atoms with van der Waals surface area (Å²) in [7, 11) is -3.41. The quantitative estimate of drug-likeness (QED) is 0.403. The number of fused-ring (bicyclic) bond motifs is 3. The van der Waals surface area contributed by atoms with Crippen LogP contribution in [0.4, 0.5) is 13.2 Å². The lowest BCUT2D eigenvalue weighted by molar-refractivity contribution is -0.0505. The molecule has 5 rings (SSSR count). The molecule has 0 spiro atoms. The highest BCUT2D eigenvalue weighted by molar-refractivity contribution is 7.90. The van der Waals surface area contributed by atoms with Crippen molar-refractivity contribution in [2.24, 2.45) is 0 Å². The zero-order valence-electron chi connectivity index (χ0n) is 17.7. The Labute approximate surface area is 192 Å². The van der Waals surface area contributed by atoms with Gasteiger partial charge in [-0.3, -0.25) is 4.79 Å². The molecule has 0 N–H and O–H groups in total. The summed E-state index contributed by atoms with van der Waals surface area (Å²) in [6.07, 6.45) is 2.57. The number of carbonyl (C=O) groups excluding carboxylic acids is 1. The summed E-state index contributed by atoms with van der Waals surface area (Å²) >= 11 is 0. The SMILES string of the molecule is CS(=O)(=O)c1ccc(-c2cn3c4c(nc3cc2F)C(=O)CC4c2ccccc2OC(F)F)cc1. The van der Waals surface area contributed by atoms with Gasteiger partial charge in [0.1, 0.15) is 22.9 Å². The lowest BCUT2D eigenvalue weighted by Crippen LogP contribution is -2.08. The summed E-state index contributed by atoms with van der Waals surface area (Å²) in [4.78, 5) is 17.1. The number of hydrogen-bond donors (Lipinski definition) is 0. The van der Waals surface area contributed by atoms with Crippen LogP contribution in [0.5, 0.6) is 5.75 Å². The van der Waals surface area contributed by atoms with Crippen LogP contribution in [0.25, 0.3) is 16.8 Å². The van der Waals surface area contributed by atoms with E-state index in [0.29, 0.717) is 16.8 Å². The van der Waals surface area contributed by atoms with Gasteiger partial charge in [0.25, 0.3) is 0 Å². The molecule has 0 amide bonds. The second kappa shape index (κ2) is 7.98. The summed E-state index contributed by atoms with van der Waals surface area (Å²) in [5.41, 5.74) is 1.81. The van der Waals surface area contributed by atoms with E-state index >= 15 is 0 Å². The maximum atomic E-state index is 15.0. The molecule has 0 saturated carbocycles. The molecule has 1 aliphatic carbocycles. The summed E-state index contributed by atoms with van der Waals surface area (Å²) in [5, 5.41) is 0. The number of hydrogen-bond acceptors (Lipinski definition) is 5. The van der Waals surface area contributed by atoms with Crippen LogP contribution in [0.15, 0.2) is 65.7 Å². The van der Waals surface area contributed by atoms with Crippen molar-refractivity contribution in [1.29, 1.82) is 0 Å². The molecule has 2 heterocycles. The van der Waals surface area contributed by atoms with Gasteiger partial charge in [0.15, 0.2) is 15.6 Å². The van der Waals surface area contributed by atoms with Crippen molar-refractivity contribution < 1.29 is 31.1 Å². The lowest BCUT2D eigenvalue weighted by Gasteiger charge is -2.17. The number of halogens is 3. The molecular formula is C24H17F3N2O4S. The normalized spacial score (nSPS) is 15.8. The molecule has 34 heavy (non-hydrogen) atoms. The minimum Gasteiger partial charge on any atom is -0.435 e. The van der Waals surface area contributed by atoms with E-state index in [0.717, 1.165) is 6.26 Å². The van der Waals surface area contributed by atoms with Crippen LogP contribution in [0.3, 0.4) is 0 Å². The first-order chi connectivity index (χ1) is 16.1. The molecule has 6 nitrogen and oxygen atoms in total. The van der Waals surface area contributed by atoms with Gasteiger partial charge in [-0.1, -0.05) is 30.3 Å². The highest BCUT2D eigenvalue weighted by Gasteiger charge is 2.37. The Bertz CT molecular complexity index is 1550. The first-order valence-electron chi connectivity index (χ1n) is 10.2. The first-order valence-corrected chi connectivity index (χ1v) is 12.1. The average molecular weight is 486 g/mol. The summed E-state index contributed by atoms with van der Waals surface area (Å²) in [5.74, 6) is -1.54. The number of aromatic nitrogens is 2. The van der Waals surface area contributed by atoms with Crippen molar-refractivity contribution in [3.63, 3.8) is 0 Å². The second-order valence-electron chi connectivity index (χ2n) is 8.00. The monoisotopic (exact) mass is 486 g/mol. The number of alkyl halides is 2. The van der Waals surface area contributed by atoms with Gasteiger partial charge >= 0.3 is 6.61 Å².